The smallest absolute Gasteiger partial charge is 0.399 e. The van der Waals surface area contributed by atoms with Crippen LogP contribution in [0, 0.1) is 0 Å². The molecule has 2 rings (SSSR count). The Hall–Kier alpha value is -2.50. The maximum atomic E-state index is 12.8. The first-order valence-electron chi connectivity index (χ1n) is 6.67. The van der Waals surface area contributed by atoms with Gasteiger partial charge in [-0.3, -0.25) is 4.79 Å². The first-order chi connectivity index (χ1) is 10.4. The van der Waals surface area contributed by atoms with Crippen LogP contribution in [0.25, 0.3) is 0 Å². The molecule has 3 nitrogen and oxygen atoms in total. The molecule has 0 aliphatic carbocycles. The summed E-state index contributed by atoms with van der Waals surface area (Å²) in [6, 6.07) is 11.9. The predicted molar refractivity (Wildman–Crippen MR) is 79.2 cm³/mol. The van der Waals surface area contributed by atoms with E-state index in [1.807, 2.05) is 0 Å². The van der Waals surface area contributed by atoms with Gasteiger partial charge in [0.25, 0.3) is 0 Å². The Morgan fingerprint density at radius 2 is 1.68 bits per heavy atom. The molecular formula is C16H15F3N2O. The van der Waals surface area contributed by atoms with E-state index in [9.17, 15) is 18.0 Å². The number of nitrogen functional groups attached to an aromatic ring is 1. The van der Waals surface area contributed by atoms with Gasteiger partial charge < -0.3 is 11.1 Å². The fourth-order valence-electron chi connectivity index (χ4n) is 1.99. The van der Waals surface area contributed by atoms with Gasteiger partial charge in [0.2, 0.25) is 5.91 Å². The number of alkyl halides is 3. The van der Waals surface area contributed by atoms with Crippen molar-refractivity contribution in [2.75, 3.05) is 11.1 Å². The molecule has 0 saturated carbocycles. The number of anilines is 2. The van der Waals surface area contributed by atoms with Crippen LogP contribution < -0.4 is 11.1 Å². The molecule has 0 fully saturated rings. The second-order valence-electron chi connectivity index (χ2n) is 4.83. The molecular weight excluding hydrogens is 293 g/mol. The highest BCUT2D eigenvalue weighted by molar-refractivity contribution is 5.91. The normalized spacial score (nSPS) is 11.2. The number of carbonyl (C=O) groups is 1. The molecule has 0 saturated heterocycles. The van der Waals surface area contributed by atoms with Crippen molar-refractivity contribution in [2.45, 2.75) is 19.0 Å². The number of amides is 1. The van der Waals surface area contributed by atoms with E-state index in [1.54, 1.807) is 24.3 Å². The van der Waals surface area contributed by atoms with Crippen LogP contribution in [0.5, 0.6) is 0 Å². The van der Waals surface area contributed by atoms with Gasteiger partial charge in [0.15, 0.2) is 0 Å². The van der Waals surface area contributed by atoms with Crippen molar-refractivity contribution in [1.82, 2.24) is 0 Å². The zero-order valence-electron chi connectivity index (χ0n) is 11.7. The minimum atomic E-state index is -4.50. The Balaban J connectivity index is 1.99. The highest BCUT2D eigenvalue weighted by atomic mass is 19.4. The Labute approximate surface area is 125 Å². The van der Waals surface area contributed by atoms with E-state index in [4.69, 9.17) is 5.73 Å². The molecule has 0 spiro atoms. The third kappa shape index (κ3) is 4.25. The SMILES string of the molecule is Nc1ccc(CCC(=O)Nc2ccccc2C(F)(F)F)cc1. The highest BCUT2D eigenvalue weighted by Crippen LogP contribution is 2.34. The van der Waals surface area contributed by atoms with Crippen molar-refractivity contribution >= 4 is 17.3 Å². The number of nitrogens with two attached hydrogens (primary N) is 1. The molecule has 0 bridgehead atoms. The van der Waals surface area contributed by atoms with E-state index in [0.717, 1.165) is 11.6 Å². The lowest BCUT2D eigenvalue weighted by atomic mass is 10.1. The Bertz CT molecular complexity index is 651. The first kappa shape index (κ1) is 15.9. The summed E-state index contributed by atoms with van der Waals surface area (Å²) >= 11 is 0. The zero-order chi connectivity index (χ0) is 16.2. The van der Waals surface area contributed by atoms with Crippen molar-refractivity contribution < 1.29 is 18.0 Å². The second-order valence-corrected chi connectivity index (χ2v) is 4.83. The monoisotopic (exact) mass is 308 g/mol. The number of halogens is 3. The molecule has 2 aromatic rings. The van der Waals surface area contributed by atoms with Gasteiger partial charge in [0, 0.05) is 12.1 Å². The third-order valence-electron chi connectivity index (χ3n) is 3.13. The van der Waals surface area contributed by atoms with E-state index >= 15 is 0 Å². The average molecular weight is 308 g/mol. The van der Waals surface area contributed by atoms with E-state index in [0.29, 0.717) is 12.1 Å². The van der Waals surface area contributed by atoms with Crippen LogP contribution in [-0.4, -0.2) is 5.91 Å². The Morgan fingerprint density at radius 3 is 2.32 bits per heavy atom. The molecule has 0 radical (unpaired) electrons. The van der Waals surface area contributed by atoms with Crippen LogP contribution >= 0.6 is 0 Å². The number of rotatable bonds is 4. The molecule has 22 heavy (non-hydrogen) atoms. The molecule has 0 aliphatic rings. The standard InChI is InChI=1S/C16H15F3N2O/c17-16(18,19)13-3-1-2-4-14(13)21-15(22)10-7-11-5-8-12(20)9-6-11/h1-6,8-9H,7,10,20H2,(H,21,22). The topological polar surface area (TPSA) is 55.1 Å². The number of hydrogen-bond acceptors (Lipinski definition) is 2. The van der Waals surface area contributed by atoms with Crippen LogP contribution in [0.15, 0.2) is 48.5 Å². The second kappa shape index (κ2) is 6.51. The largest absolute Gasteiger partial charge is 0.418 e. The van der Waals surface area contributed by atoms with Crippen LogP contribution in [0.4, 0.5) is 24.5 Å². The molecule has 0 unspecified atom stereocenters. The Kier molecular flexibility index (Phi) is 4.70. The summed E-state index contributed by atoms with van der Waals surface area (Å²) < 4.78 is 38.5. The number of carbonyl (C=O) groups excluding carboxylic acids is 1. The van der Waals surface area contributed by atoms with Crippen LogP contribution in [0.3, 0.4) is 0 Å². The molecule has 3 N–H and O–H groups in total. The summed E-state index contributed by atoms with van der Waals surface area (Å²) in [4.78, 5) is 11.8. The number of nitrogens with one attached hydrogen (secondary N) is 1. The van der Waals surface area contributed by atoms with Gasteiger partial charge in [0.1, 0.15) is 0 Å². The van der Waals surface area contributed by atoms with Crippen molar-refractivity contribution in [1.29, 1.82) is 0 Å². The molecule has 1 amide bonds. The van der Waals surface area contributed by atoms with Gasteiger partial charge in [-0.2, -0.15) is 13.2 Å². The summed E-state index contributed by atoms with van der Waals surface area (Å²) in [6.45, 7) is 0. The fraction of sp³-hybridized carbons (Fsp3) is 0.188. The third-order valence-corrected chi connectivity index (χ3v) is 3.13. The molecule has 0 aliphatic heterocycles. The van der Waals surface area contributed by atoms with Crippen molar-refractivity contribution in [2.24, 2.45) is 0 Å². The molecule has 0 heterocycles. The summed E-state index contributed by atoms with van der Waals surface area (Å²) in [7, 11) is 0. The number of aryl methyl sites for hydroxylation is 1. The molecule has 116 valence electrons. The van der Waals surface area contributed by atoms with Crippen LogP contribution in [0.1, 0.15) is 17.5 Å². The minimum Gasteiger partial charge on any atom is -0.399 e. The quantitative estimate of drug-likeness (QED) is 0.843. The molecule has 0 aromatic heterocycles. The number of hydrogen-bond donors (Lipinski definition) is 2. The van der Waals surface area contributed by atoms with E-state index in [1.165, 1.54) is 18.2 Å². The summed E-state index contributed by atoms with van der Waals surface area (Å²) in [6.07, 6.45) is -3.97. The lowest BCUT2D eigenvalue weighted by molar-refractivity contribution is -0.137. The minimum absolute atomic E-state index is 0.0934. The molecule has 6 heteroatoms. The van der Waals surface area contributed by atoms with E-state index in [-0.39, 0.29) is 12.1 Å². The summed E-state index contributed by atoms with van der Waals surface area (Å²) in [5, 5.41) is 2.32. The van der Waals surface area contributed by atoms with Gasteiger partial charge in [-0.25, -0.2) is 0 Å². The van der Waals surface area contributed by atoms with E-state index < -0.39 is 17.6 Å². The average Bonchev–Trinajstić information content (AvgIpc) is 2.46. The van der Waals surface area contributed by atoms with Gasteiger partial charge in [-0.05, 0) is 36.2 Å². The molecule has 2 aromatic carbocycles. The maximum Gasteiger partial charge on any atom is 0.418 e. The van der Waals surface area contributed by atoms with Gasteiger partial charge in [0.05, 0.1) is 11.3 Å². The van der Waals surface area contributed by atoms with Gasteiger partial charge >= 0.3 is 6.18 Å². The Morgan fingerprint density at radius 1 is 1.05 bits per heavy atom. The summed E-state index contributed by atoms with van der Waals surface area (Å²) in [5.74, 6) is -0.464. The highest BCUT2D eigenvalue weighted by Gasteiger charge is 2.33. The van der Waals surface area contributed by atoms with Crippen LogP contribution in [0.2, 0.25) is 0 Å². The maximum absolute atomic E-state index is 12.8. The number of para-hydroxylation sites is 1. The lowest BCUT2D eigenvalue weighted by Gasteiger charge is -2.13. The van der Waals surface area contributed by atoms with Crippen molar-refractivity contribution in [3.05, 3.63) is 59.7 Å². The van der Waals surface area contributed by atoms with Gasteiger partial charge in [-0.15, -0.1) is 0 Å². The molecule has 0 atom stereocenters. The van der Waals surface area contributed by atoms with Crippen molar-refractivity contribution in [3.8, 4) is 0 Å². The number of benzene rings is 2. The summed E-state index contributed by atoms with van der Waals surface area (Å²) in [5.41, 5.74) is 6.00. The van der Waals surface area contributed by atoms with E-state index in [2.05, 4.69) is 5.32 Å². The first-order valence-corrected chi connectivity index (χ1v) is 6.67. The zero-order valence-corrected chi connectivity index (χ0v) is 11.7. The van der Waals surface area contributed by atoms with Crippen LogP contribution in [-0.2, 0) is 17.4 Å². The van der Waals surface area contributed by atoms with Crippen molar-refractivity contribution in [3.63, 3.8) is 0 Å². The van der Waals surface area contributed by atoms with Gasteiger partial charge in [-0.1, -0.05) is 24.3 Å². The lowest BCUT2D eigenvalue weighted by Crippen LogP contribution is -2.16. The fourth-order valence-corrected chi connectivity index (χ4v) is 1.99. The predicted octanol–water partition coefficient (Wildman–Crippen LogP) is 3.86.